The zero-order valence-corrected chi connectivity index (χ0v) is 16.9. The van der Waals surface area contributed by atoms with Crippen molar-refractivity contribution >= 4 is 21.8 Å². The van der Waals surface area contributed by atoms with Crippen molar-refractivity contribution in [1.82, 2.24) is 4.98 Å². The van der Waals surface area contributed by atoms with Crippen LogP contribution in [0.5, 0.6) is 5.75 Å². The van der Waals surface area contributed by atoms with E-state index in [1.165, 1.54) is 19.3 Å². The smallest absolute Gasteiger partial charge is 0.266 e. The predicted octanol–water partition coefficient (Wildman–Crippen LogP) is 5.89. The number of halogens is 1. The largest absolute Gasteiger partial charge is 0.486 e. The van der Waals surface area contributed by atoms with Crippen LogP contribution in [0.25, 0.3) is 11.7 Å². The van der Waals surface area contributed by atoms with Gasteiger partial charge in [0.1, 0.15) is 24.2 Å². The van der Waals surface area contributed by atoms with Gasteiger partial charge in [-0.15, -0.1) is 0 Å². The maximum atomic E-state index is 9.38. The Bertz CT molecular complexity index is 966. The number of aromatic nitrogens is 1. The van der Waals surface area contributed by atoms with Gasteiger partial charge in [-0.3, -0.25) is 0 Å². The highest BCUT2D eigenvalue weighted by molar-refractivity contribution is 9.10. The Kier molecular flexibility index (Phi) is 5.68. The van der Waals surface area contributed by atoms with Crippen LogP contribution in [-0.4, -0.2) is 11.0 Å². The van der Waals surface area contributed by atoms with Gasteiger partial charge >= 0.3 is 0 Å². The minimum absolute atomic E-state index is 0.254. The number of nitrogens with one attached hydrogen (secondary N) is 1. The summed E-state index contributed by atoms with van der Waals surface area (Å²) in [6, 6.07) is 13.6. The Morgan fingerprint density at radius 1 is 1.11 bits per heavy atom. The average molecular weight is 442 g/mol. The van der Waals surface area contributed by atoms with Crippen molar-refractivity contribution < 1.29 is 13.6 Å². The van der Waals surface area contributed by atoms with Gasteiger partial charge in [-0.25, -0.2) is 0 Å². The molecule has 6 nitrogen and oxygen atoms in total. The molecule has 1 aliphatic rings. The number of hydrogen-bond donors (Lipinski definition) is 1. The first-order valence-corrected chi connectivity index (χ1v) is 10.2. The van der Waals surface area contributed by atoms with Gasteiger partial charge in [-0.2, -0.15) is 10.2 Å². The van der Waals surface area contributed by atoms with Gasteiger partial charge in [0, 0.05) is 10.5 Å². The lowest BCUT2D eigenvalue weighted by Gasteiger charge is -2.22. The van der Waals surface area contributed by atoms with Crippen molar-refractivity contribution in [2.24, 2.45) is 0 Å². The number of nitriles is 1. The Balaban J connectivity index is 1.44. The van der Waals surface area contributed by atoms with E-state index in [0.717, 1.165) is 23.1 Å². The Morgan fingerprint density at radius 2 is 1.89 bits per heavy atom. The number of oxazole rings is 1. The van der Waals surface area contributed by atoms with Crippen LogP contribution in [0.3, 0.4) is 0 Å². The number of benzene rings is 1. The molecule has 3 aromatic rings. The SMILES string of the molecule is N#Cc1nc(-c2ccc(COc3ccc(Br)cc3)o2)oc1NC1CCCCC1. The fraction of sp³-hybridized carbons (Fsp3) is 0.333. The molecule has 1 aliphatic carbocycles. The summed E-state index contributed by atoms with van der Waals surface area (Å²) in [5.74, 6) is 2.60. The lowest BCUT2D eigenvalue weighted by atomic mass is 9.95. The molecule has 2 heterocycles. The second-order valence-electron chi connectivity index (χ2n) is 6.80. The van der Waals surface area contributed by atoms with E-state index in [1.807, 2.05) is 30.3 Å². The van der Waals surface area contributed by atoms with E-state index in [-0.39, 0.29) is 5.69 Å². The van der Waals surface area contributed by atoms with E-state index in [9.17, 15) is 5.26 Å². The van der Waals surface area contributed by atoms with Crippen molar-refractivity contribution in [2.45, 2.75) is 44.8 Å². The molecule has 0 radical (unpaired) electrons. The number of hydrogen-bond acceptors (Lipinski definition) is 6. The molecule has 0 aliphatic heterocycles. The maximum Gasteiger partial charge on any atom is 0.266 e. The molecule has 0 atom stereocenters. The Labute approximate surface area is 171 Å². The van der Waals surface area contributed by atoms with Crippen LogP contribution in [0.2, 0.25) is 0 Å². The molecule has 4 rings (SSSR count). The Hall–Kier alpha value is -2.72. The van der Waals surface area contributed by atoms with Crippen LogP contribution in [0.4, 0.5) is 5.88 Å². The van der Waals surface area contributed by atoms with Crippen molar-refractivity contribution in [3.63, 3.8) is 0 Å². The van der Waals surface area contributed by atoms with Crippen LogP contribution in [-0.2, 0) is 6.61 Å². The zero-order chi connectivity index (χ0) is 19.3. The molecule has 0 saturated heterocycles. The van der Waals surface area contributed by atoms with E-state index in [0.29, 0.717) is 35.9 Å². The molecule has 1 fully saturated rings. The highest BCUT2D eigenvalue weighted by Gasteiger charge is 2.21. The zero-order valence-electron chi connectivity index (χ0n) is 15.3. The molecule has 28 heavy (non-hydrogen) atoms. The second kappa shape index (κ2) is 8.53. The number of furan rings is 1. The van der Waals surface area contributed by atoms with Crippen LogP contribution >= 0.6 is 15.9 Å². The van der Waals surface area contributed by atoms with Crippen LogP contribution < -0.4 is 10.1 Å². The standard InChI is InChI=1S/C21H20BrN3O3/c22-14-6-8-16(9-7-14)26-13-17-10-11-19(27-17)21-25-18(12-23)20(28-21)24-15-4-2-1-3-5-15/h6-11,15,24H,1-5,13H2. The minimum Gasteiger partial charge on any atom is -0.486 e. The summed E-state index contributed by atoms with van der Waals surface area (Å²) >= 11 is 3.40. The highest BCUT2D eigenvalue weighted by atomic mass is 79.9. The first kappa shape index (κ1) is 18.6. The van der Waals surface area contributed by atoms with Crippen molar-refractivity contribution in [3.8, 4) is 23.5 Å². The van der Waals surface area contributed by atoms with E-state index >= 15 is 0 Å². The summed E-state index contributed by atoms with van der Waals surface area (Å²) < 4.78 is 18.3. The molecule has 0 amide bonds. The van der Waals surface area contributed by atoms with Crippen LogP contribution in [0.15, 0.2) is 49.7 Å². The lowest BCUT2D eigenvalue weighted by molar-refractivity contribution is 0.271. The van der Waals surface area contributed by atoms with Gasteiger partial charge in [0.15, 0.2) is 5.76 Å². The van der Waals surface area contributed by atoms with Gasteiger partial charge in [0.05, 0.1) is 0 Å². The summed E-state index contributed by atoms with van der Waals surface area (Å²) in [6.07, 6.45) is 5.82. The molecular formula is C21H20BrN3O3. The maximum absolute atomic E-state index is 9.38. The molecular weight excluding hydrogens is 422 g/mol. The topological polar surface area (TPSA) is 84.2 Å². The molecule has 2 aromatic heterocycles. The van der Waals surface area contributed by atoms with Gasteiger partial charge in [0.2, 0.25) is 11.6 Å². The number of anilines is 1. The molecule has 0 unspecified atom stereocenters. The Morgan fingerprint density at radius 3 is 2.64 bits per heavy atom. The first-order valence-electron chi connectivity index (χ1n) is 9.36. The third kappa shape index (κ3) is 4.39. The predicted molar refractivity (Wildman–Crippen MR) is 108 cm³/mol. The van der Waals surface area contributed by atoms with Gasteiger partial charge in [-0.05, 0) is 49.2 Å². The minimum atomic E-state index is 0.254. The summed E-state index contributed by atoms with van der Waals surface area (Å²) in [7, 11) is 0. The summed E-state index contributed by atoms with van der Waals surface area (Å²) in [4.78, 5) is 4.28. The number of nitrogens with zero attached hydrogens (tertiary/aromatic N) is 2. The molecule has 1 N–H and O–H groups in total. The number of rotatable bonds is 6. The lowest BCUT2D eigenvalue weighted by Crippen LogP contribution is -2.22. The quantitative estimate of drug-likeness (QED) is 0.512. The van der Waals surface area contributed by atoms with Gasteiger partial charge < -0.3 is 18.9 Å². The van der Waals surface area contributed by atoms with E-state index in [4.69, 9.17) is 13.6 Å². The molecule has 0 bridgehead atoms. The fourth-order valence-corrected chi connectivity index (χ4v) is 3.55. The van der Waals surface area contributed by atoms with E-state index < -0.39 is 0 Å². The van der Waals surface area contributed by atoms with Crippen molar-refractivity contribution in [3.05, 3.63) is 52.3 Å². The summed E-state index contributed by atoms with van der Waals surface area (Å²) in [6.45, 7) is 0.292. The summed E-state index contributed by atoms with van der Waals surface area (Å²) in [5.41, 5.74) is 0.254. The highest BCUT2D eigenvalue weighted by Crippen LogP contribution is 2.30. The third-order valence-corrected chi connectivity index (χ3v) is 5.27. The number of ether oxygens (including phenoxy) is 1. The van der Waals surface area contributed by atoms with E-state index in [1.54, 1.807) is 6.07 Å². The molecule has 0 spiro atoms. The normalized spacial score (nSPS) is 14.6. The van der Waals surface area contributed by atoms with Crippen LogP contribution in [0, 0.1) is 11.3 Å². The van der Waals surface area contributed by atoms with E-state index in [2.05, 4.69) is 32.3 Å². The monoisotopic (exact) mass is 441 g/mol. The first-order chi connectivity index (χ1) is 13.7. The fourth-order valence-electron chi connectivity index (χ4n) is 3.29. The molecule has 1 aromatic carbocycles. The van der Waals surface area contributed by atoms with Crippen molar-refractivity contribution in [1.29, 1.82) is 5.26 Å². The molecule has 144 valence electrons. The molecule has 7 heteroatoms. The third-order valence-electron chi connectivity index (χ3n) is 4.74. The molecule has 1 saturated carbocycles. The van der Waals surface area contributed by atoms with Gasteiger partial charge in [0.25, 0.3) is 5.89 Å². The van der Waals surface area contributed by atoms with Gasteiger partial charge in [-0.1, -0.05) is 35.2 Å². The second-order valence-corrected chi connectivity index (χ2v) is 7.71. The average Bonchev–Trinajstić information content (AvgIpc) is 3.35. The van der Waals surface area contributed by atoms with Crippen molar-refractivity contribution in [2.75, 3.05) is 5.32 Å². The van der Waals surface area contributed by atoms with Crippen LogP contribution in [0.1, 0.15) is 43.6 Å². The summed E-state index contributed by atoms with van der Waals surface area (Å²) in [5, 5.41) is 12.7.